The molecule has 116 valence electrons. The number of phenols is 1. The monoisotopic (exact) mass is 290 g/mol. The second-order valence-corrected chi connectivity index (χ2v) is 6.10. The molecule has 1 aromatic rings. The molecule has 0 aliphatic carbocycles. The number of benzene rings is 1. The molecule has 1 fully saturated rings. The van der Waals surface area contributed by atoms with Gasteiger partial charge in [-0.2, -0.15) is 0 Å². The first-order chi connectivity index (χ1) is 10.0. The van der Waals surface area contributed by atoms with Gasteiger partial charge in [-0.15, -0.1) is 0 Å². The van der Waals surface area contributed by atoms with Crippen molar-refractivity contribution < 1.29 is 9.90 Å². The predicted molar refractivity (Wildman–Crippen MR) is 84.6 cm³/mol. The van der Waals surface area contributed by atoms with Gasteiger partial charge in [-0.1, -0.05) is 19.9 Å². The Morgan fingerprint density at radius 2 is 2.24 bits per heavy atom. The Bertz CT molecular complexity index is 502. The molecule has 2 unspecified atom stereocenters. The van der Waals surface area contributed by atoms with Crippen molar-refractivity contribution in [3.63, 3.8) is 0 Å². The van der Waals surface area contributed by atoms with Crippen molar-refractivity contribution in [2.75, 3.05) is 19.6 Å². The highest BCUT2D eigenvalue weighted by molar-refractivity contribution is 5.97. The van der Waals surface area contributed by atoms with Crippen LogP contribution in [0.5, 0.6) is 5.75 Å². The molecule has 2 rings (SSSR count). The molecule has 21 heavy (non-hydrogen) atoms. The van der Waals surface area contributed by atoms with Crippen LogP contribution in [0.15, 0.2) is 18.2 Å². The zero-order valence-corrected chi connectivity index (χ0v) is 13.2. The third kappa shape index (κ3) is 3.76. The minimum absolute atomic E-state index is 0.0618. The first kappa shape index (κ1) is 15.8. The highest BCUT2D eigenvalue weighted by Gasteiger charge is 2.29. The van der Waals surface area contributed by atoms with E-state index in [1.165, 1.54) is 0 Å². The number of likely N-dealkylation sites (tertiary alicyclic amines) is 1. The quantitative estimate of drug-likeness (QED) is 0.896. The summed E-state index contributed by atoms with van der Waals surface area (Å²) < 4.78 is 0. The number of phenolic OH excluding ortho intramolecular Hbond substituents is 1. The zero-order valence-electron chi connectivity index (χ0n) is 13.2. The van der Waals surface area contributed by atoms with Gasteiger partial charge in [0.15, 0.2) is 0 Å². The number of carbonyl (C=O) groups excluding carboxylic acids is 1. The van der Waals surface area contributed by atoms with Crippen LogP contribution in [0.25, 0.3) is 0 Å². The van der Waals surface area contributed by atoms with Crippen LogP contribution in [0.3, 0.4) is 0 Å². The SMILES string of the molecule is CCCNC1CCN(C(=O)c2ccc(C)cc2O)CC1C. The maximum atomic E-state index is 12.5. The summed E-state index contributed by atoms with van der Waals surface area (Å²) in [5.41, 5.74) is 1.37. The van der Waals surface area contributed by atoms with Gasteiger partial charge >= 0.3 is 0 Å². The summed E-state index contributed by atoms with van der Waals surface area (Å²) in [4.78, 5) is 14.4. The minimum atomic E-state index is -0.0618. The van der Waals surface area contributed by atoms with Crippen LogP contribution in [-0.2, 0) is 0 Å². The molecule has 0 radical (unpaired) electrons. The third-order valence-electron chi connectivity index (χ3n) is 4.23. The van der Waals surface area contributed by atoms with Crippen LogP contribution in [0.1, 0.15) is 42.6 Å². The lowest BCUT2D eigenvalue weighted by Gasteiger charge is -2.37. The minimum Gasteiger partial charge on any atom is -0.507 e. The topological polar surface area (TPSA) is 52.6 Å². The molecule has 4 nitrogen and oxygen atoms in total. The maximum Gasteiger partial charge on any atom is 0.257 e. The second-order valence-electron chi connectivity index (χ2n) is 6.10. The molecule has 1 aliphatic heterocycles. The largest absolute Gasteiger partial charge is 0.507 e. The van der Waals surface area contributed by atoms with Crippen molar-refractivity contribution in [2.45, 2.75) is 39.7 Å². The molecule has 2 N–H and O–H groups in total. The standard InChI is InChI=1S/C17H26N2O2/c1-4-8-18-15-7-9-19(11-13(15)3)17(21)14-6-5-12(2)10-16(14)20/h5-6,10,13,15,18,20H,4,7-9,11H2,1-3H3. The smallest absolute Gasteiger partial charge is 0.257 e. The molecule has 0 aromatic heterocycles. The van der Waals surface area contributed by atoms with Crippen LogP contribution in [0, 0.1) is 12.8 Å². The Morgan fingerprint density at radius 1 is 1.48 bits per heavy atom. The first-order valence-corrected chi connectivity index (χ1v) is 7.85. The van der Waals surface area contributed by atoms with Gasteiger partial charge in [0.1, 0.15) is 5.75 Å². The van der Waals surface area contributed by atoms with Crippen LogP contribution in [0.4, 0.5) is 0 Å². The molecule has 4 heteroatoms. The molecule has 0 saturated carbocycles. The Kier molecular flexibility index (Phi) is 5.23. The van der Waals surface area contributed by atoms with E-state index < -0.39 is 0 Å². The van der Waals surface area contributed by atoms with E-state index in [1.54, 1.807) is 12.1 Å². The second kappa shape index (κ2) is 6.94. The molecule has 1 heterocycles. The van der Waals surface area contributed by atoms with Crippen LogP contribution >= 0.6 is 0 Å². The van der Waals surface area contributed by atoms with Crippen molar-refractivity contribution in [3.8, 4) is 5.75 Å². The number of rotatable bonds is 4. The molecule has 0 spiro atoms. The Morgan fingerprint density at radius 3 is 2.86 bits per heavy atom. The van der Waals surface area contributed by atoms with Crippen molar-refractivity contribution >= 4 is 5.91 Å². The third-order valence-corrected chi connectivity index (χ3v) is 4.23. The summed E-state index contributed by atoms with van der Waals surface area (Å²) in [6.45, 7) is 8.77. The summed E-state index contributed by atoms with van der Waals surface area (Å²) in [5, 5.41) is 13.5. The number of aromatic hydroxyl groups is 1. The number of hydrogen-bond acceptors (Lipinski definition) is 3. The van der Waals surface area contributed by atoms with Gasteiger partial charge in [-0.3, -0.25) is 4.79 Å². The van der Waals surface area contributed by atoms with Crippen molar-refractivity contribution in [3.05, 3.63) is 29.3 Å². The van der Waals surface area contributed by atoms with Gasteiger partial charge < -0.3 is 15.3 Å². The lowest BCUT2D eigenvalue weighted by molar-refractivity contribution is 0.0642. The number of amides is 1. The fourth-order valence-corrected chi connectivity index (χ4v) is 2.96. The van der Waals surface area contributed by atoms with Crippen LogP contribution < -0.4 is 5.32 Å². The Hall–Kier alpha value is -1.55. The zero-order chi connectivity index (χ0) is 15.4. The van der Waals surface area contributed by atoms with Crippen LogP contribution in [-0.4, -0.2) is 41.6 Å². The van der Waals surface area contributed by atoms with Crippen LogP contribution in [0.2, 0.25) is 0 Å². The van der Waals surface area contributed by atoms with E-state index in [9.17, 15) is 9.90 Å². The van der Waals surface area contributed by atoms with Gasteiger partial charge in [0.25, 0.3) is 5.91 Å². The predicted octanol–water partition coefficient (Wildman–Crippen LogP) is 2.55. The summed E-state index contributed by atoms with van der Waals surface area (Å²) in [5.74, 6) is 0.453. The fourth-order valence-electron chi connectivity index (χ4n) is 2.96. The van der Waals surface area contributed by atoms with E-state index in [2.05, 4.69) is 19.2 Å². The van der Waals surface area contributed by atoms with Crippen molar-refractivity contribution in [1.29, 1.82) is 0 Å². The number of hydrogen-bond donors (Lipinski definition) is 2. The molecule has 1 aromatic carbocycles. The van der Waals surface area contributed by atoms with Crippen molar-refractivity contribution in [2.24, 2.45) is 5.92 Å². The highest BCUT2D eigenvalue weighted by Crippen LogP contribution is 2.24. The highest BCUT2D eigenvalue weighted by atomic mass is 16.3. The normalized spacial score (nSPS) is 22.3. The van der Waals surface area contributed by atoms with E-state index >= 15 is 0 Å². The van der Waals surface area contributed by atoms with Gasteiger partial charge in [-0.05, 0) is 49.9 Å². The molecule has 0 bridgehead atoms. The molecule has 2 atom stereocenters. The van der Waals surface area contributed by atoms with E-state index in [1.807, 2.05) is 17.9 Å². The summed E-state index contributed by atoms with van der Waals surface area (Å²) in [6.07, 6.45) is 2.10. The van der Waals surface area contributed by atoms with E-state index in [0.717, 1.165) is 38.0 Å². The molecule has 1 amide bonds. The number of piperidine rings is 1. The molecule has 1 saturated heterocycles. The average Bonchev–Trinajstić information content (AvgIpc) is 2.45. The van der Waals surface area contributed by atoms with E-state index in [4.69, 9.17) is 0 Å². The van der Waals surface area contributed by atoms with E-state index in [-0.39, 0.29) is 11.7 Å². The number of nitrogens with zero attached hydrogens (tertiary/aromatic N) is 1. The van der Waals surface area contributed by atoms with Gasteiger partial charge in [0, 0.05) is 19.1 Å². The summed E-state index contributed by atoms with van der Waals surface area (Å²) in [7, 11) is 0. The van der Waals surface area contributed by atoms with Crippen molar-refractivity contribution in [1.82, 2.24) is 10.2 Å². The van der Waals surface area contributed by atoms with Gasteiger partial charge in [-0.25, -0.2) is 0 Å². The summed E-state index contributed by atoms with van der Waals surface area (Å²) >= 11 is 0. The summed E-state index contributed by atoms with van der Waals surface area (Å²) in [6, 6.07) is 5.72. The van der Waals surface area contributed by atoms with E-state index in [0.29, 0.717) is 17.5 Å². The maximum absolute atomic E-state index is 12.5. The number of aryl methyl sites for hydroxylation is 1. The average molecular weight is 290 g/mol. The molecular weight excluding hydrogens is 264 g/mol. The lowest BCUT2D eigenvalue weighted by Crippen LogP contribution is -2.50. The first-order valence-electron chi connectivity index (χ1n) is 7.85. The molecule has 1 aliphatic rings. The fraction of sp³-hybridized carbons (Fsp3) is 0.588. The number of nitrogens with one attached hydrogen (secondary N) is 1. The lowest BCUT2D eigenvalue weighted by atomic mass is 9.93. The number of carbonyl (C=O) groups is 1. The van der Waals surface area contributed by atoms with Gasteiger partial charge in [0.2, 0.25) is 0 Å². The van der Waals surface area contributed by atoms with Gasteiger partial charge in [0.05, 0.1) is 5.56 Å². The molecular formula is C17H26N2O2. The Labute approximate surface area is 127 Å². The Balaban J connectivity index is 2.02.